The van der Waals surface area contributed by atoms with Crippen molar-refractivity contribution in [1.82, 2.24) is 9.55 Å². The van der Waals surface area contributed by atoms with Crippen LogP contribution in [0.15, 0.2) is 36.7 Å². The van der Waals surface area contributed by atoms with Gasteiger partial charge in [0.05, 0.1) is 5.56 Å². The number of hydrogen-bond donors (Lipinski definition) is 4. The van der Waals surface area contributed by atoms with Crippen LogP contribution in [0.2, 0.25) is 0 Å². The number of nitrogen functional groups attached to an aromatic ring is 1. The zero-order chi connectivity index (χ0) is 16.3. The Morgan fingerprint density at radius 1 is 1.36 bits per heavy atom. The number of nitrogens with zero attached hydrogens (tertiary/aromatic N) is 2. The molecule has 6 nitrogen and oxygen atoms in total. The Morgan fingerprint density at radius 2 is 2.09 bits per heavy atom. The van der Waals surface area contributed by atoms with Gasteiger partial charge in [-0.3, -0.25) is 15.4 Å². The van der Waals surface area contributed by atoms with Crippen LogP contribution in [0, 0.1) is 10.8 Å². The summed E-state index contributed by atoms with van der Waals surface area (Å²) in [7, 11) is 0. The van der Waals surface area contributed by atoms with Gasteiger partial charge in [-0.15, -0.1) is 0 Å². The van der Waals surface area contributed by atoms with Crippen LogP contribution >= 0.6 is 0 Å². The Balaban J connectivity index is 2.19. The predicted molar refractivity (Wildman–Crippen MR) is 74.2 cm³/mol. The van der Waals surface area contributed by atoms with Gasteiger partial charge in [0, 0.05) is 18.9 Å². The van der Waals surface area contributed by atoms with Gasteiger partial charge < -0.3 is 11.1 Å². The summed E-state index contributed by atoms with van der Waals surface area (Å²) in [5.41, 5.74) is 4.81. The molecule has 2 rings (SSSR count). The van der Waals surface area contributed by atoms with Crippen LogP contribution < -0.4 is 16.5 Å². The van der Waals surface area contributed by atoms with E-state index < -0.39 is 11.7 Å². The standard InChI is InChI=1S/C13H13F3N6/c14-13(15,16)9-3-1-2-8(6-9)7-21-11-10(17)22(12(18)19)5-4-20-11/h1-6,17H,7H2,(H3,18,19)(H,20,21). The highest BCUT2D eigenvalue weighted by Gasteiger charge is 2.30. The normalized spacial score (nSPS) is 11.2. The van der Waals surface area contributed by atoms with E-state index in [1.807, 2.05) is 0 Å². The van der Waals surface area contributed by atoms with E-state index in [2.05, 4.69) is 10.3 Å². The average Bonchev–Trinajstić information content (AvgIpc) is 2.45. The second kappa shape index (κ2) is 5.88. The van der Waals surface area contributed by atoms with E-state index in [0.717, 1.165) is 16.7 Å². The molecule has 0 aliphatic heterocycles. The van der Waals surface area contributed by atoms with Crippen molar-refractivity contribution in [2.45, 2.75) is 12.7 Å². The van der Waals surface area contributed by atoms with Crippen molar-refractivity contribution in [3.8, 4) is 0 Å². The lowest BCUT2D eigenvalue weighted by Gasteiger charge is -2.11. The molecule has 2 aromatic rings. The number of nitrogens with two attached hydrogens (primary N) is 1. The highest BCUT2D eigenvalue weighted by Crippen LogP contribution is 2.29. The van der Waals surface area contributed by atoms with Crippen LogP contribution in [0.4, 0.5) is 19.0 Å². The molecule has 0 amide bonds. The third-order valence-corrected chi connectivity index (χ3v) is 2.86. The first-order valence-corrected chi connectivity index (χ1v) is 6.15. The van der Waals surface area contributed by atoms with Crippen LogP contribution in [-0.2, 0) is 12.7 Å². The number of benzene rings is 1. The van der Waals surface area contributed by atoms with Gasteiger partial charge in [-0.1, -0.05) is 12.1 Å². The van der Waals surface area contributed by atoms with Crippen molar-refractivity contribution in [3.05, 3.63) is 53.3 Å². The van der Waals surface area contributed by atoms with Crippen molar-refractivity contribution in [3.63, 3.8) is 0 Å². The average molecular weight is 310 g/mol. The molecule has 0 aliphatic rings. The number of halogens is 3. The minimum Gasteiger partial charge on any atom is -0.369 e. The van der Waals surface area contributed by atoms with Gasteiger partial charge in [-0.25, -0.2) is 4.98 Å². The molecule has 0 fully saturated rings. The van der Waals surface area contributed by atoms with E-state index in [1.54, 1.807) is 0 Å². The minimum atomic E-state index is -4.40. The summed E-state index contributed by atoms with van der Waals surface area (Å²) in [5.74, 6) is -0.232. The maximum atomic E-state index is 12.6. The van der Waals surface area contributed by atoms with E-state index in [9.17, 15) is 13.2 Å². The number of anilines is 1. The maximum Gasteiger partial charge on any atom is 0.416 e. The highest BCUT2D eigenvalue weighted by molar-refractivity contribution is 5.77. The molecule has 5 N–H and O–H groups in total. The van der Waals surface area contributed by atoms with Gasteiger partial charge in [0.15, 0.2) is 17.3 Å². The summed E-state index contributed by atoms with van der Waals surface area (Å²) in [6.45, 7) is 0.0602. The molecule has 0 radical (unpaired) electrons. The lowest BCUT2D eigenvalue weighted by Crippen LogP contribution is -2.33. The van der Waals surface area contributed by atoms with E-state index in [4.69, 9.17) is 16.6 Å². The van der Waals surface area contributed by atoms with Gasteiger partial charge in [0.1, 0.15) is 0 Å². The van der Waals surface area contributed by atoms with Gasteiger partial charge in [-0.05, 0) is 17.7 Å². The number of hydrogen-bond acceptors (Lipinski definition) is 4. The molecule has 1 aromatic carbocycles. The summed E-state index contributed by atoms with van der Waals surface area (Å²) in [5, 5.41) is 17.9. The fourth-order valence-corrected chi connectivity index (χ4v) is 1.80. The van der Waals surface area contributed by atoms with Crippen LogP contribution in [0.1, 0.15) is 11.1 Å². The van der Waals surface area contributed by atoms with Crippen molar-refractivity contribution in [1.29, 1.82) is 10.8 Å². The molecular weight excluding hydrogens is 297 g/mol. The molecule has 0 bridgehead atoms. The Morgan fingerprint density at radius 3 is 2.73 bits per heavy atom. The van der Waals surface area contributed by atoms with Crippen molar-refractivity contribution in [2.24, 2.45) is 5.73 Å². The van der Waals surface area contributed by atoms with Crippen molar-refractivity contribution in [2.75, 3.05) is 5.32 Å². The predicted octanol–water partition coefficient (Wildman–Crippen LogP) is 1.74. The first-order chi connectivity index (χ1) is 10.3. The number of aromatic nitrogens is 2. The molecule has 0 atom stereocenters. The minimum absolute atomic E-state index is 0.0602. The van der Waals surface area contributed by atoms with Crippen molar-refractivity contribution >= 4 is 11.8 Å². The monoisotopic (exact) mass is 310 g/mol. The number of rotatable bonds is 3. The molecular formula is C13H13F3N6. The lowest BCUT2D eigenvalue weighted by molar-refractivity contribution is -0.137. The SMILES string of the molecule is N=C(N)n1ccnc(NCc2cccc(C(F)(F)F)c2)c1=N. The Hall–Kier alpha value is -2.84. The Kier molecular flexibility index (Phi) is 4.15. The summed E-state index contributed by atoms with van der Waals surface area (Å²) in [6.07, 6.45) is -1.72. The summed E-state index contributed by atoms with van der Waals surface area (Å²) < 4.78 is 39.0. The molecule has 0 aliphatic carbocycles. The zero-order valence-electron chi connectivity index (χ0n) is 11.3. The first kappa shape index (κ1) is 15.5. The summed E-state index contributed by atoms with van der Waals surface area (Å²) in [4.78, 5) is 3.91. The smallest absolute Gasteiger partial charge is 0.369 e. The van der Waals surface area contributed by atoms with Gasteiger partial charge in [-0.2, -0.15) is 13.2 Å². The van der Waals surface area contributed by atoms with Crippen LogP contribution in [0.25, 0.3) is 0 Å². The molecule has 22 heavy (non-hydrogen) atoms. The quantitative estimate of drug-likeness (QED) is 0.512. The van der Waals surface area contributed by atoms with Gasteiger partial charge >= 0.3 is 6.18 Å². The molecule has 116 valence electrons. The van der Waals surface area contributed by atoms with Crippen LogP contribution in [0.3, 0.4) is 0 Å². The highest BCUT2D eigenvalue weighted by atomic mass is 19.4. The second-order valence-corrected chi connectivity index (χ2v) is 4.43. The maximum absolute atomic E-state index is 12.6. The van der Waals surface area contributed by atoms with Crippen LogP contribution in [-0.4, -0.2) is 15.5 Å². The summed E-state index contributed by atoms with van der Waals surface area (Å²) >= 11 is 0. The lowest BCUT2D eigenvalue weighted by atomic mass is 10.1. The molecule has 0 spiro atoms. The summed E-state index contributed by atoms with van der Waals surface area (Å²) in [6, 6.07) is 4.87. The number of nitrogens with one attached hydrogen (secondary N) is 3. The molecule has 0 saturated heterocycles. The topological polar surface area (TPSA) is 104 Å². The fourth-order valence-electron chi connectivity index (χ4n) is 1.80. The molecule has 0 saturated carbocycles. The third kappa shape index (κ3) is 3.43. The van der Waals surface area contributed by atoms with Crippen molar-refractivity contribution < 1.29 is 13.2 Å². The van der Waals surface area contributed by atoms with E-state index in [1.165, 1.54) is 24.5 Å². The molecule has 1 aromatic heterocycles. The van der Waals surface area contributed by atoms with Crippen LogP contribution in [0.5, 0.6) is 0 Å². The Labute approximate surface area is 123 Å². The molecule has 9 heteroatoms. The van der Waals surface area contributed by atoms with Gasteiger partial charge in [0.25, 0.3) is 0 Å². The molecule has 1 heterocycles. The largest absolute Gasteiger partial charge is 0.416 e. The fraction of sp³-hybridized carbons (Fsp3) is 0.154. The Bertz CT molecular complexity index is 750. The number of alkyl halides is 3. The third-order valence-electron chi connectivity index (χ3n) is 2.86. The van der Waals surface area contributed by atoms with E-state index in [0.29, 0.717) is 5.56 Å². The van der Waals surface area contributed by atoms with Gasteiger partial charge in [0.2, 0.25) is 0 Å². The second-order valence-electron chi connectivity index (χ2n) is 4.43. The zero-order valence-corrected chi connectivity index (χ0v) is 11.3. The van der Waals surface area contributed by atoms with E-state index >= 15 is 0 Å². The van der Waals surface area contributed by atoms with E-state index in [-0.39, 0.29) is 23.8 Å². The molecule has 0 unspecified atom stereocenters. The first-order valence-electron chi connectivity index (χ1n) is 6.15.